The Morgan fingerprint density at radius 1 is 1.19 bits per heavy atom. The van der Waals surface area contributed by atoms with E-state index in [2.05, 4.69) is 29.2 Å². The number of nitrogens with zero attached hydrogens (tertiary/aromatic N) is 3. The van der Waals surface area contributed by atoms with Crippen LogP contribution >= 0.6 is 0 Å². The SMILES string of the molecule is CO[C@H](C(=O)Nc1ccnn1C1CCN(C(C)C)CC1)c1ccccc1. The number of nitrogens with one attached hydrogen (secondary N) is 1. The van der Waals surface area contributed by atoms with Crippen LogP contribution in [0, 0.1) is 0 Å². The molecule has 6 heteroatoms. The highest BCUT2D eigenvalue weighted by molar-refractivity contribution is 5.94. The zero-order valence-electron chi connectivity index (χ0n) is 15.8. The number of carbonyl (C=O) groups is 1. The Hall–Kier alpha value is -2.18. The number of benzene rings is 1. The molecule has 0 saturated carbocycles. The molecule has 0 spiro atoms. The van der Waals surface area contributed by atoms with Crippen molar-refractivity contribution in [2.45, 2.75) is 44.9 Å². The fourth-order valence-electron chi connectivity index (χ4n) is 3.57. The number of likely N-dealkylation sites (tertiary alicyclic amines) is 1. The minimum absolute atomic E-state index is 0.180. The van der Waals surface area contributed by atoms with Gasteiger partial charge in [0, 0.05) is 32.3 Å². The quantitative estimate of drug-likeness (QED) is 0.863. The smallest absolute Gasteiger partial charge is 0.259 e. The summed E-state index contributed by atoms with van der Waals surface area (Å²) in [5.74, 6) is 0.552. The van der Waals surface area contributed by atoms with Crippen molar-refractivity contribution >= 4 is 11.7 Å². The summed E-state index contributed by atoms with van der Waals surface area (Å²) in [7, 11) is 1.55. The van der Waals surface area contributed by atoms with Crippen LogP contribution in [0.15, 0.2) is 42.6 Å². The number of rotatable bonds is 6. The molecule has 3 rings (SSSR count). The van der Waals surface area contributed by atoms with Crippen molar-refractivity contribution in [3.8, 4) is 0 Å². The monoisotopic (exact) mass is 356 g/mol. The Kier molecular flexibility index (Phi) is 6.06. The third-order valence-corrected chi connectivity index (χ3v) is 5.07. The number of aromatic nitrogens is 2. The molecular weight excluding hydrogens is 328 g/mol. The highest BCUT2D eigenvalue weighted by atomic mass is 16.5. The fourth-order valence-corrected chi connectivity index (χ4v) is 3.57. The van der Waals surface area contributed by atoms with Crippen LogP contribution in [0.25, 0.3) is 0 Å². The van der Waals surface area contributed by atoms with Crippen LogP contribution < -0.4 is 5.32 Å². The molecule has 1 aromatic carbocycles. The van der Waals surface area contributed by atoms with Gasteiger partial charge in [-0.2, -0.15) is 5.10 Å². The number of methoxy groups -OCH3 is 1. The minimum Gasteiger partial charge on any atom is -0.367 e. The van der Waals surface area contributed by atoms with Gasteiger partial charge < -0.3 is 15.0 Å². The van der Waals surface area contributed by atoms with E-state index in [9.17, 15) is 4.79 Å². The zero-order chi connectivity index (χ0) is 18.5. The maximum Gasteiger partial charge on any atom is 0.259 e. The number of piperidine rings is 1. The van der Waals surface area contributed by atoms with Crippen LogP contribution in [0.5, 0.6) is 0 Å². The Bertz CT molecular complexity index is 706. The first-order valence-electron chi connectivity index (χ1n) is 9.26. The van der Waals surface area contributed by atoms with Gasteiger partial charge in [0.1, 0.15) is 5.82 Å². The van der Waals surface area contributed by atoms with Gasteiger partial charge in [0.25, 0.3) is 5.91 Å². The molecule has 1 aliphatic heterocycles. The van der Waals surface area contributed by atoms with Crippen LogP contribution in [0.4, 0.5) is 5.82 Å². The summed E-state index contributed by atoms with van der Waals surface area (Å²) in [4.78, 5) is 15.2. The van der Waals surface area contributed by atoms with Gasteiger partial charge in [-0.15, -0.1) is 0 Å². The van der Waals surface area contributed by atoms with Gasteiger partial charge in [-0.1, -0.05) is 30.3 Å². The van der Waals surface area contributed by atoms with Crippen LogP contribution in [0.2, 0.25) is 0 Å². The molecule has 0 radical (unpaired) electrons. The zero-order valence-corrected chi connectivity index (χ0v) is 15.8. The second-order valence-electron chi connectivity index (χ2n) is 7.04. The summed E-state index contributed by atoms with van der Waals surface area (Å²) in [5, 5.41) is 7.46. The van der Waals surface area contributed by atoms with Crippen LogP contribution in [0.3, 0.4) is 0 Å². The lowest BCUT2D eigenvalue weighted by Crippen LogP contribution is -2.39. The molecule has 1 aromatic heterocycles. The van der Waals surface area contributed by atoms with Gasteiger partial charge in [0.2, 0.25) is 0 Å². The van der Waals surface area contributed by atoms with Crippen LogP contribution in [-0.2, 0) is 9.53 Å². The molecule has 2 aromatic rings. The summed E-state index contributed by atoms with van der Waals surface area (Å²) >= 11 is 0. The van der Waals surface area contributed by atoms with Gasteiger partial charge in [0.05, 0.1) is 12.2 Å². The lowest BCUT2D eigenvalue weighted by Gasteiger charge is -2.35. The summed E-state index contributed by atoms with van der Waals surface area (Å²) in [5.41, 5.74) is 0.837. The Morgan fingerprint density at radius 3 is 2.50 bits per heavy atom. The van der Waals surface area contributed by atoms with Crippen LogP contribution in [0.1, 0.15) is 44.4 Å². The second kappa shape index (κ2) is 8.47. The van der Waals surface area contributed by atoms with Crippen molar-refractivity contribution in [3.63, 3.8) is 0 Å². The minimum atomic E-state index is -0.637. The largest absolute Gasteiger partial charge is 0.367 e. The van der Waals surface area contributed by atoms with Crippen molar-refractivity contribution in [2.75, 3.05) is 25.5 Å². The van der Waals surface area contributed by atoms with Crippen molar-refractivity contribution in [2.24, 2.45) is 0 Å². The molecule has 6 nitrogen and oxygen atoms in total. The van der Waals surface area contributed by atoms with E-state index in [-0.39, 0.29) is 5.91 Å². The lowest BCUT2D eigenvalue weighted by atomic mass is 10.0. The molecule has 26 heavy (non-hydrogen) atoms. The first kappa shape index (κ1) is 18.6. The first-order valence-corrected chi connectivity index (χ1v) is 9.26. The Labute approximate surface area is 155 Å². The maximum absolute atomic E-state index is 12.7. The number of carbonyl (C=O) groups excluding carboxylic acids is 1. The highest BCUT2D eigenvalue weighted by Crippen LogP contribution is 2.27. The van der Waals surface area contributed by atoms with E-state index in [0.29, 0.717) is 12.1 Å². The second-order valence-corrected chi connectivity index (χ2v) is 7.04. The van der Waals surface area contributed by atoms with Gasteiger partial charge in [0.15, 0.2) is 6.10 Å². The molecular formula is C20H28N4O2. The molecule has 1 amide bonds. The summed E-state index contributed by atoms with van der Waals surface area (Å²) in [6, 6.07) is 12.3. The van der Waals surface area contributed by atoms with Crippen molar-refractivity contribution in [1.82, 2.24) is 14.7 Å². The van der Waals surface area contributed by atoms with Gasteiger partial charge in [-0.05, 0) is 32.3 Å². The van der Waals surface area contributed by atoms with Crippen molar-refractivity contribution in [1.29, 1.82) is 0 Å². The topological polar surface area (TPSA) is 59.4 Å². The van der Waals surface area contributed by atoms with E-state index in [4.69, 9.17) is 4.74 Å². The molecule has 0 bridgehead atoms. The molecule has 140 valence electrons. The summed E-state index contributed by atoms with van der Waals surface area (Å²) in [6.45, 7) is 6.57. The average molecular weight is 356 g/mol. The number of hydrogen-bond donors (Lipinski definition) is 1. The first-order chi connectivity index (χ1) is 12.6. The fraction of sp³-hybridized carbons (Fsp3) is 0.500. The summed E-state index contributed by atoms with van der Waals surface area (Å²) in [6.07, 6.45) is 3.18. The van der Waals surface area contributed by atoms with E-state index in [1.807, 2.05) is 41.1 Å². The van der Waals surface area contributed by atoms with Gasteiger partial charge >= 0.3 is 0 Å². The van der Waals surface area contributed by atoms with Crippen molar-refractivity contribution in [3.05, 3.63) is 48.2 Å². The number of hydrogen-bond acceptors (Lipinski definition) is 4. The molecule has 1 saturated heterocycles. The molecule has 2 heterocycles. The van der Waals surface area contributed by atoms with E-state index >= 15 is 0 Å². The average Bonchev–Trinajstić information content (AvgIpc) is 3.11. The molecule has 1 fully saturated rings. The standard InChI is InChI=1S/C20H28N4O2/c1-15(2)23-13-10-17(11-14-23)24-18(9-12-21-24)22-20(25)19(26-3)16-7-5-4-6-8-16/h4-9,12,15,17,19H,10-11,13-14H2,1-3H3,(H,22,25)/t19-/m0/s1. The maximum atomic E-state index is 12.7. The Balaban J connectivity index is 1.68. The van der Waals surface area contributed by atoms with Gasteiger partial charge in [-0.25, -0.2) is 4.68 Å². The van der Waals surface area contributed by atoms with E-state index in [1.54, 1.807) is 13.3 Å². The third-order valence-electron chi connectivity index (χ3n) is 5.07. The van der Waals surface area contributed by atoms with Gasteiger partial charge in [-0.3, -0.25) is 4.79 Å². The van der Waals surface area contributed by atoms with Crippen LogP contribution in [-0.4, -0.2) is 46.8 Å². The predicted molar refractivity (Wildman–Crippen MR) is 102 cm³/mol. The lowest BCUT2D eigenvalue weighted by molar-refractivity contribution is -0.126. The molecule has 0 unspecified atom stereocenters. The summed E-state index contributed by atoms with van der Waals surface area (Å²) < 4.78 is 7.38. The molecule has 1 atom stereocenters. The molecule has 1 aliphatic rings. The van der Waals surface area contributed by atoms with E-state index < -0.39 is 6.10 Å². The number of ether oxygens (including phenoxy) is 1. The van der Waals surface area contributed by atoms with Crippen molar-refractivity contribution < 1.29 is 9.53 Å². The molecule has 0 aliphatic carbocycles. The highest BCUT2D eigenvalue weighted by Gasteiger charge is 2.26. The Morgan fingerprint density at radius 2 is 1.88 bits per heavy atom. The number of amides is 1. The van der Waals surface area contributed by atoms with E-state index in [1.165, 1.54) is 0 Å². The third kappa shape index (κ3) is 4.14. The van der Waals surface area contributed by atoms with E-state index in [0.717, 1.165) is 37.3 Å². The number of anilines is 1. The molecule has 1 N–H and O–H groups in total. The predicted octanol–water partition coefficient (Wildman–Crippen LogP) is 3.25. The normalized spacial score (nSPS) is 17.4.